The fourth-order valence-electron chi connectivity index (χ4n) is 2.45. The third kappa shape index (κ3) is 2.59. The number of nitro groups is 1. The summed E-state index contributed by atoms with van der Waals surface area (Å²) in [7, 11) is 0. The fourth-order valence-corrected chi connectivity index (χ4v) is 3.13. The molecule has 0 unspecified atom stereocenters. The van der Waals surface area contributed by atoms with Crippen LogP contribution in [0.1, 0.15) is 12.8 Å². The van der Waals surface area contributed by atoms with Crippen LogP contribution in [0.4, 0.5) is 11.4 Å². The van der Waals surface area contributed by atoms with Crippen molar-refractivity contribution in [1.29, 1.82) is 0 Å². The molecule has 1 N–H and O–H groups in total. The highest BCUT2D eigenvalue weighted by molar-refractivity contribution is 7.16. The van der Waals surface area contributed by atoms with E-state index in [0.29, 0.717) is 17.1 Å². The van der Waals surface area contributed by atoms with Crippen LogP contribution in [-0.4, -0.2) is 29.7 Å². The maximum atomic E-state index is 11.3. The number of hydrogen-bond donors (Lipinski definition) is 1. The van der Waals surface area contributed by atoms with Crippen LogP contribution in [0.5, 0.6) is 0 Å². The zero-order valence-corrected chi connectivity index (χ0v) is 11.7. The van der Waals surface area contributed by atoms with Crippen molar-refractivity contribution in [2.45, 2.75) is 12.8 Å². The molecule has 0 saturated carbocycles. The van der Waals surface area contributed by atoms with Crippen molar-refractivity contribution in [2.75, 3.05) is 25.1 Å². The first kappa shape index (κ1) is 13.3. The maximum Gasteiger partial charge on any atom is 0.319 e. The number of benzene rings is 1. The number of aromatic nitrogens is 1. The van der Waals surface area contributed by atoms with E-state index in [2.05, 4.69) is 10.3 Å². The minimum absolute atomic E-state index is 0.0795. The standard InChI is InChI=1S/C13H15N3O3S/c17-16(18)13-10(1-2-11-12(13)15-8-20-11)14-7-9-3-5-19-6-4-9/h1-2,8-9,14H,3-7H2. The maximum absolute atomic E-state index is 11.3. The van der Waals surface area contributed by atoms with E-state index < -0.39 is 0 Å². The average Bonchev–Trinajstić information content (AvgIpc) is 2.93. The van der Waals surface area contributed by atoms with Crippen molar-refractivity contribution in [2.24, 2.45) is 5.92 Å². The van der Waals surface area contributed by atoms with Gasteiger partial charge in [0.25, 0.3) is 0 Å². The monoisotopic (exact) mass is 293 g/mol. The number of nitrogens with one attached hydrogen (secondary N) is 1. The van der Waals surface area contributed by atoms with Crippen molar-refractivity contribution < 1.29 is 9.66 Å². The number of hydrogen-bond acceptors (Lipinski definition) is 6. The normalized spacial score (nSPS) is 16.4. The van der Waals surface area contributed by atoms with Crippen molar-refractivity contribution in [3.05, 3.63) is 27.8 Å². The summed E-state index contributed by atoms with van der Waals surface area (Å²) in [5, 5.41) is 14.5. The molecule has 1 fully saturated rings. The van der Waals surface area contributed by atoms with Gasteiger partial charge in [-0.3, -0.25) is 10.1 Å². The number of nitrogens with zero attached hydrogens (tertiary/aromatic N) is 2. The first-order chi connectivity index (χ1) is 9.75. The molecule has 6 nitrogen and oxygen atoms in total. The molecule has 106 valence electrons. The van der Waals surface area contributed by atoms with Gasteiger partial charge in [-0.2, -0.15) is 0 Å². The van der Waals surface area contributed by atoms with Crippen LogP contribution in [-0.2, 0) is 4.74 Å². The smallest absolute Gasteiger partial charge is 0.319 e. The predicted molar refractivity (Wildman–Crippen MR) is 78.3 cm³/mol. The second-order valence-electron chi connectivity index (χ2n) is 4.85. The van der Waals surface area contributed by atoms with E-state index in [0.717, 1.165) is 37.3 Å². The van der Waals surface area contributed by atoms with E-state index in [1.807, 2.05) is 6.07 Å². The van der Waals surface area contributed by atoms with Crippen molar-refractivity contribution >= 4 is 32.9 Å². The van der Waals surface area contributed by atoms with Crippen LogP contribution in [0.2, 0.25) is 0 Å². The van der Waals surface area contributed by atoms with Gasteiger partial charge in [0.2, 0.25) is 0 Å². The highest BCUT2D eigenvalue weighted by Gasteiger charge is 2.21. The Labute approximate surface area is 119 Å². The SMILES string of the molecule is O=[N+]([O-])c1c(NCC2CCOCC2)ccc2scnc12. The van der Waals surface area contributed by atoms with Gasteiger partial charge in [0.1, 0.15) is 5.69 Å². The molecule has 1 aromatic carbocycles. The summed E-state index contributed by atoms with van der Waals surface area (Å²) >= 11 is 1.41. The first-order valence-electron chi connectivity index (χ1n) is 6.58. The predicted octanol–water partition coefficient (Wildman–Crippen LogP) is 3.04. The highest BCUT2D eigenvalue weighted by atomic mass is 32.1. The van der Waals surface area contributed by atoms with Gasteiger partial charge in [-0.25, -0.2) is 4.98 Å². The number of nitro benzene ring substituents is 1. The molecule has 1 aliphatic heterocycles. The highest BCUT2D eigenvalue weighted by Crippen LogP contribution is 2.34. The van der Waals surface area contributed by atoms with Crippen LogP contribution < -0.4 is 5.32 Å². The molecule has 0 amide bonds. The van der Waals surface area contributed by atoms with Crippen molar-refractivity contribution in [3.8, 4) is 0 Å². The van der Waals surface area contributed by atoms with E-state index in [1.54, 1.807) is 11.6 Å². The minimum atomic E-state index is -0.353. The third-order valence-electron chi connectivity index (χ3n) is 3.58. The number of rotatable bonds is 4. The molecule has 3 rings (SSSR count). The molecule has 0 spiro atoms. The Morgan fingerprint density at radius 3 is 3.00 bits per heavy atom. The molecular formula is C13H15N3O3S. The lowest BCUT2D eigenvalue weighted by Gasteiger charge is -2.22. The van der Waals surface area contributed by atoms with Crippen LogP contribution >= 0.6 is 11.3 Å². The molecule has 20 heavy (non-hydrogen) atoms. The molecule has 1 aromatic heterocycles. The fraction of sp³-hybridized carbons (Fsp3) is 0.462. The number of fused-ring (bicyclic) bond motifs is 1. The topological polar surface area (TPSA) is 77.3 Å². The van der Waals surface area contributed by atoms with Gasteiger partial charge in [0.15, 0.2) is 5.52 Å². The molecule has 7 heteroatoms. The van der Waals surface area contributed by atoms with Crippen LogP contribution in [0.3, 0.4) is 0 Å². The Balaban J connectivity index is 1.82. The molecule has 0 aliphatic carbocycles. The summed E-state index contributed by atoms with van der Waals surface area (Å²) in [4.78, 5) is 15.1. The van der Waals surface area contributed by atoms with Crippen LogP contribution in [0.25, 0.3) is 10.2 Å². The first-order valence-corrected chi connectivity index (χ1v) is 7.46. The van der Waals surface area contributed by atoms with E-state index in [-0.39, 0.29) is 10.6 Å². The zero-order valence-electron chi connectivity index (χ0n) is 10.9. The molecule has 2 aromatic rings. The van der Waals surface area contributed by atoms with Gasteiger partial charge in [-0.05, 0) is 30.9 Å². The lowest BCUT2D eigenvalue weighted by molar-refractivity contribution is -0.382. The summed E-state index contributed by atoms with van der Waals surface area (Å²) in [6, 6.07) is 3.66. The van der Waals surface area contributed by atoms with Crippen molar-refractivity contribution in [1.82, 2.24) is 4.98 Å². The Kier molecular flexibility index (Phi) is 3.79. The molecule has 2 heterocycles. The molecule has 0 atom stereocenters. The van der Waals surface area contributed by atoms with Crippen LogP contribution in [0, 0.1) is 16.0 Å². The van der Waals surface area contributed by atoms with Crippen LogP contribution in [0.15, 0.2) is 17.6 Å². The molecule has 1 saturated heterocycles. The summed E-state index contributed by atoms with van der Waals surface area (Å²) in [6.45, 7) is 2.29. The van der Waals surface area contributed by atoms with Gasteiger partial charge in [-0.15, -0.1) is 11.3 Å². The van der Waals surface area contributed by atoms with E-state index in [4.69, 9.17) is 4.74 Å². The molecule has 1 aliphatic rings. The summed E-state index contributed by atoms with van der Waals surface area (Å²) < 4.78 is 6.16. The lowest BCUT2D eigenvalue weighted by atomic mass is 10.0. The lowest BCUT2D eigenvalue weighted by Crippen LogP contribution is -2.22. The van der Waals surface area contributed by atoms with Gasteiger partial charge in [-0.1, -0.05) is 0 Å². The quantitative estimate of drug-likeness (QED) is 0.692. The Morgan fingerprint density at radius 1 is 1.45 bits per heavy atom. The van der Waals surface area contributed by atoms with Gasteiger partial charge >= 0.3 is 5.69 Å². The van der Waals surface area contributed by atoms with Gasteiger partial charge in [0.05, 0.1) is 15.1 Å². The summed E-state index contributed by atoms with van der Waals surface area (Å²) in [5.74, 6) is 0.509. The van der Waals surface area contributed by atoms with Gasteiger partial charge < -0.3 is 10.1 Å². The number of thiazole rings is 1. The zero-order chi connectivity index (χ0) is 13.9. The third-order valence-corrected chi connectivity index (χ3v) is 4.37. The molecule has 0 radical (unpaired) electrons. The van der Waals surface area contributed by atoms with E-state index in [9.17, 15) is 10.1 Å². The Morgan fingerprint density at radius 2 is 2.25 bits per heavy atom. The Hall–Kier alpha value is -1.73. The second kappa shape index (κ2) is 5.72. The van der Waals surface area contributed by atoms with Crippen molar-refractivity contribution in [3.63, 3.8) is 0 Å². The number of anilines is 1. The van der Waals surface area contributed by atoms with E-state index >= 15 is 0 Å². The largest absolute Gasteiger partial charge is 0.381 e. The number of ether oxygens (including phenoxy) is 1. The Bertz CT molecular complexity index is 622. The summed E-state index contributed by atoms with van der Waals surface area (Å²) in [6.07, 6.45) is 2.00. The minimum Gasteiger partial charge on any atom is -0.381 e. The molecule has 0 bridgehead atoms. The summed E-state index contributed by atoms with van der Waals surface area (Å²) in [5.41, 5.74) is 2.74. The van der Waals surface area contributed by atoms with Gasteiger partial charge in [0, 0.05) is 19.8 Å². The second-order valence-corrected chi connectivity index (χ2v) is 5.74. The average molecular weight is 293 g/mol. The van der Waals surface area contributed by atoms with E-state index in [1.165, 1.54) is 11.3 Å². The molecular weight excluding hydrogens is 278 g/mol.